The maximum Gasteiger partial charge on any atom is 0.220 e. The van der Waals surface area contributed by atoms with Crippen molar-refractivity contribution in [2.75, 3.05) is 6.61 Å². The zero-order valence-electron chi connectivity index (χ0n) is 34.3. The summed E-state index contributed by atoms with van der Waals surface area (Å²) >= 11 is 0. The van der Waals surface area contributed by atoms with E-state index in [-0.39, 0.29) is 12.5 Å². The van der Waals surface area contributed by atoms with Gasteiger partial charge in [-0.3, -0.25) is 4.79 Å². The van der Waals surface area contributed by atoms with Crippen molar-refractivity contribution in [1.82, 2.24) is 5.32 Å². The Labute approximate surface area is 323 Å². The molecule has 0 aromatic carbocycles. The van der Waals surface area contributed by atoms with Gasteiger partial charge in [-0.15, -0.1) is 0 Å². The Kier molecular flexibility index (Phi) is 41.4. The molecule has 0 aromatic heterocycles. The molecule has 0 fully saturated rings. The van der Waals surface area contributed by atoms with Gasteiger partial charge in [0.1, 0.15) is 0 Å². The van der Waals surface area contributed by atoms with Gasteiger partial charge < -0.3 is 15.5 Å². The fourth-order valence-corrected chi connectivity index (χ4v) is 6.22. The third kappa shape index (κ3) is 39.0. The Morgan fingerprint density at radius 3 is 1.25 bits per heavy atom. The molecule has 0 bridgehead atoms. The minimum absolute atomic E-state index is 0.0929. The van der Waals surface area contributed by atoms with E-state index in [9.17, 15) is 15.0 Å². The Hall–Kier alpha value is -2.17. The SMILES string of the molecule is CCCCCCC/C=C\C/C=C\C/C=C\CCCCCCCCC(=O)NC(CO)C(O)/C=C/CC/C=C/CC/C=C/CCCCCCCCCCC. The zero-order valence-corrected chi connectivity index (χ0v) is 34.3. The van der Waals surface area contributed by atoms with Crippen LogP contribution in [0.15, 0.2) is 72.9 Å². The average Bonchev–Trinajstić information content (AvgIpc) is 3.15. The summed E-state index contributed by atoms with van der Waals surface area (Å²) in [7, 11) is 0. The number of aliphatic hydroxyl groups is 2. The summed E-state index contributed by atoms with van der Waals surface area (Å²) < 4.78 is 0. The van der Waals surface area contributed by atoms with E-state index in [1.165, 1.54) is 122 Å². The third-order valence-corrected chi connectivity index (χ3v) is 9.64. The van der Waals surface area contributed by atoms with Crippen molar-refractivity contribution in [1.29, 1.82) is 0 Å². The van der Waals surface area contributed by atoms with Gasteiger partial charge in [-0.05, 0) is 83.5 Å². The maximum atomic E-state index is 12.4. The van der Waals surface area contributed by atoms with Crippen molar-refractivity contribution >= 4 is 5.91 Å². The standard InChI is InChI=1S/C48H85NO3/c1-3-5-7-9-11-13-15-17-19-21-23-24-26-28-30-32-34-36-38-40-42-44-48(52)49-46(45-50)47(51)43-41-39-37-35-33-31-29-27-25-22-20-18-16-14-12-10-8-6-4-2/h15,17,21,23,25-28,33,35,41,43,46-47,50-51H,3-14,16,18-20,22,24,29-32,34,36-40,42,44-45H2,1-2H3,(H,49,52)/b17-15-,23-21-,27-25+,28-26-,35-33+,43-41+. The van der Waals surface area contributed by atoms with Crippen molar-refractivity contribution < 1.29 is 15.0 Å². The molecule has 0 aliphatic rings. The maximum absolute atomic E-state index is 12.4. The van der Waals surface area contributed by atoms with Gasteiger partial charge in [-0.25, -0.2) is 0 Å². The number of allylic oxidation sites excluding steroid dienone is 11. The molecule has 0 aliphatic carbocycles. The smallest absolute Gasteiger partial charge is 0.220 e. The van der Waals surface area contributed by atoms with Crippen molar-refractivity contribution in [2.24, 2.45) is 0 Å². The molecule has 52 heavy (non-hydrogen) atoms. The Balaban J connectivity index is 3.70. The van der Waals surface area contributed by atoms with Crippen LogP contribution in [0.3, 0.4) is 0 Å². The molecule has 0 rings (SSSR count). The summed E-state index contributed by atoms with van der Waals surface area (Å²) in [6.45, 7) is 4.27. The average molecular weight is 724 g/mol. The van der Waals surface area contributed by atoms with E-state index in [1.54, 1.807) is 6.08 Å². The van der Waals surface area contributed by atoms with Crippen LogP contribution in [-0.2, 0) is 4.79 Å². The molecule has 3 N–H and O–H groups in total. The summed E-state index contributed by atoms with van der Waals surface area (Å²) in [4.78, 5) is 12.4. The molecule has 0 heterocycles. The monoisotopic (exact) mass is 724 g/mol. The zero-order chi connectivity index (χ0) is 37.8. The van der Waals surface area contributed by atoms with Crippen LogP contribution in [0, 0.1) is 0 Å². The first-order valence-electron chi connectivity index (χ1n) is 22.2. The highest BCUT2D eigenvalue weighted by atomic mass is 16.3. The Morgan fingerprint density at radius 1 is 0.462 bits per heavy atom. The van der Waals surface area contributed by atoms with Crippen LogP contribution < -0.4 is 5.32 Å². The third-order valence-electron chi connectivity index (χ3n) is 9.64. The number of hydrogen-bond acceptors (Lipinski definition) is 3. The molecule has 0 radical (unpaired) electrons. The van der Waals surface area contributed by atoms with Crippen molar-refractivity contribution in [2.45, 2.75) is 219 Å². The van der Waals surface area contributed by atoms with Gasteiger partial charge in [0.25, 0.3) is 0 Å². The molecule has 0 aromatic rings. The molecule has 4 heteroatoms. The van der Waals surface area contributed by atoms with Crippen molar-refractivity contribution in [3.8, 4) is 0 Å². The summed E-state index contributed by atoms with van der Waals surface area (Å²) in [6, 6.07) is -0.656. The second-order valence-electron chi connectivity index (χ2n) is 14.7. The number of nitrogens with one attached hydrogen (secondary N) is 1. The molecule has 0 saturated heterocycles. The van der Waals surface area contributed by atoms with E-state index in [0.717, 1.165) is 64.2 Å². The van der Waals surface area contributed by atoms with Crippen LogP contribution in [0.25, 0.3) is 0 Å². The van der Waals surface area contributed by atoms with E-state index in [1.807, 2.05) is 6.08 Å². The van der Waals surface area contributed by atoms with Crippen LogP contribution in [-0.4, -0.2) is 34.9 Å². The van der Waals surface area contributed by atoms with Crippen LogP contribution in [0.2, 0.25) is 0 Å². The van der Waals surface area contributed by atoms with Gasteiger partial charge in [-0.1, -0.05) is 189 Å². The number of carbonyl (C=O) groups excluding carboxylic acids is 1. The second-order valence-corrected chi connectivity index (χ2v) is 14.7. The fraction of sp³-hybridized carbons (Fsp3) is 0.729. The lowest BCUT2D eigenvalue weighted by Crippen LogP contribution is -2.45. The normalized spacial score (nSPS) is 13.7. The first-order chi connectivity index (χ1) is 25.7. The Morgan fingerprint density at radius 2 is 0.808 bits per heavy atom. The quantitative estimate of drug-likeness (QED) is 0.0437. The molecule has 2 unspecified atom stereocenters. The molecule has 0 aliphatic heterocycles. The van der Waals surface area contributed by atoms with E-state index < -0.39 is 12.1 Å². The van der Waals surface area contributed by atoms with E-state index in [0.29, 0.717) is 6.42 Å². The summed E-state index contributed by atoms with van der Waals surface area (Å²) in [5.74, 6) is -0.0929. The summed E-state index contributed by atoms with van der Waals surface area (Å²) in [5, 5.41) is 23.0. The fourth-order valence-electron chi connectivity index (χ4n) is 6.22. The number of amides is 1. The van der Waals surface area contributed by atoms with Crippen LogP contribution in [0.4, 0.5) is 0 Å². The lowest BCUT2D eigenvalue weighted by Gasteiger charge is -2.19. The molecule has 1 amide bonds. The summed E-state index contributed by atoms with van der Waals surface area (Å²) in [6.07, 6.45) is 61.5. The van der Waals surface area contributed by atoms with Gasteiger partial charge in [0.2, 0.25) is 5.91 Å². The topological polar surface area (TPSA) is 69.6 Å². The molecule has 300 valence electrons. The highest BCUT2D eigenvalue weighted by Gasteiger charge is 2.17. The van der Waals surface area contributed by atoms with E-state index in [4.69, 9.17) is 0 Å². The van der Waals surface area contributed by atoms with Gasteiger partial charge in [0.05, 0.1) is 18.8 Å². The van der Waals surface area contributed by atoms with E-state index >= 15 is 0 Å². The van der Waals surface area contributed by atoms with Crippen LogP contribution in [0.1, 0.15) is 206 Å². The first kappa shape index (κ1) is 49.8. The van der Waals surface area contributed by atoms with Gasteiger partial charge >= 0.3 is 0 Å². The molecular weight excluding hydrogens is 639 g/mol. The largest absolute Gasteiger partial charge is 0.394 e. The number of unbranched alkanes of at least 4 members (excludes halogenated alkanes) is 22. The van der Waals surface area contributed by atoms with Gasteiger partial charge in [-0.2, -0.15) is 0 Å². The van der Waals surface area contributed by atoms with Crippen molar-refractivity contribution in [3.05, 3.63) is 72.9 Å². The predicted octanol–water partition coefficient (Wildman–Crippen LogP) is 13.9. The summed E-state index contributed by atoms with van der Waals surface area (Å²) in [5.41, 5.74) is 0. The highest BCUT2D eigenvalue weighted by molar-refractivity contribution is 5.76. The molecule has 0 spiro atoms. The number of rotatable bonds is 39. The molecule has 0 saturated carbocycles. The molecular formula is C48H85NO3. The highest BCUT2D eigenvalue weighted by Crippen LogP contribution is 2.12. The number of carbonyl (C=O) groups is 1. The predicted molar refractivity (Wildman–Crippen MR) is 230 cm³/mol. The van der Waals surface area contributed by atoms with Crippen LogP contribution >= 0.6 is 0 Å². The number of hydrogen-bond donors (Lipinski definition) is 3. The second kappa shape index (κ2) is 43.2. The first-order valence-corrected chi connectivity index (χ1v) is 22.2. The number of aliphatic hydroxyl groups excluding tert-OH is 2. The Bertz CT molecular complexity index is 915. The molecule has 2 atom stereocenters. The molecule has 4 nitrogen and oxygen atoms in total. The van der Waals surface area contributed by atoms with Gasteiger partial charge in [0.15, 0.2) is 0 Å². The van der Waals surface area contributed by atoms with Crippen LogP contribution in [0.5, 0.6) is 0 Å². The van der Waals surface area contributed by atoms with Crippen molar-refractivity contribution in [3.63, 3.8) is 0 Å². The lowest BCUT2D eigenvalue weighted by atomic mass is 10.1. The van der Waals surface area contributed by atoms with E-state index in [2.05, 4.69) is 79.9 Å². The minimum atomic E-state index is -0.879. The van der Waals surface area contributed by atoms with Gasteiger partial charge in [0, 0.05) is 6.42 Å². The minimum Gasteiger partial charge on any atom is -0.394 e. The lowest BCUT2D eigenvalue weighted by molar-refractivity contribution is -0.123.